The number of carbonyl (C=O) groups excluding carboxylic acids is 1. The number of benzene rings is 2. The molecule has 0 saturated carbocycles. The van der Waals surface area contributed by atoms with E-state index >= 15 is 4.39 Å². The minimum atomic E-state index is -5.02. The second-order valence-corrected chi connectivity index (χ2v) is 11.4. The fraction of sp³-hybridized carbons (Fsp3) is 0.273. The van der Waals surface area contributed by atoms with Crippen LogP contribution in [0.5, 0.6) is 0 Å². The van der Waals surface area contributed by atoms with Crippen molar-refractivity contribution in [3.8, 4) is 0 Å². The van der Waals surface area contributed by atoms with Crippen LogP contribution in [0.15, 0.2) is 46.1 Å². The Kier molecular flexibility index (Phi) is 8.34. The molecule has 0 unspecified atom stereocenters. The quantitative estimate of drug-likeness (QED) is 0.309. The summed E-state index contributed by atoms with van der Waals surface area (Å²) in [5.74, 6) is -4.02. The number of nitrogens with zero attached hydrogens (tertiary/aromatic N) is 2. The average Bonchev–Trinajstić information content (AvgIpc) is 3.28. The molecule has 1 N–H and O–H groups in total. The van der Waals surface area contributed by atoms with Gasteiger partial charge in [-0.2, -0.15) is 0 Å². The fourth-order valence-electron chi connectivity index (χ4n) is 3.06. The van der Waals surface area contributed by atoms with E-state index in [1.165, 1.54) is 31.7 Å². The maximum Gasteiger partial charge on any atom is 0.430 e. The van der Waals surface area contributed by atoms with E-state index < -0.39 is 72.8 Å². The van der Waals surface area contributed by atoms with Crippen molar-refractivity contribution in [3.63, 3.8) is 0 Å². The number of ether oxygens (including phenoxy) is 1. The molecule has 0 aliphatic carbocycles. The first-order valence-electron chi connectivity index (χ1n) is 10.3. The Hall–Kier alpha value is -2.97. The Bertz CT molecular complexity index is 1400. The average molecular weight is 584 g/mol. The molecular weight excluding hydrogens is 565 g/mol. The molecule has 15 heteroatoms. The van der Waals surface area contributed by atoms with Gasteiger partial charge in [0.05, 0.1) is 16.2 Å². The van der Waals surface area contributed by atoms with Crippen molar-refractivity contribution in [2.45, 2.75) is 43.7 Å². The molecule has 0 aliphatic heterocycles. The van der Waals surface area contributed by atoms with Gasteiger partial charge in [-0.15, -0.1) is 15.6 Å². The lowest BCUT2D eigenvalue weighted by Gasteiger charge is -2.26. The summed E-state index contributed by atoms with van der Waals surface area (Å²) in [6, 6.07) is 0.812. The molecule has 0 radical (unpaired) electrons. The van der Waals surface area contributed by atoms with Gasteiger partial charge in [0.2, 0.25) is 0 Å². The van der Waals surface area contributed by atoms with Gasteiger partial charge in [-0.25, -0.2) is 40.1 Å². The number of carbonyl (C=O) groups is 1. The summed E-state index contributed by atoms with van der Waals surface area (Å²) in [6.07, 6.45) is -4.68. The topological polar surface area (TPSA) is 88.6 Å². The van der Waals surface area contributed by atoms with Gasteiger partial charge in [0, 0.05) is 10.9 Å². The smallest absolute Gasteiger partial charge is 0.430 e. The Morgan fingerprint density at radius 2 is 1.81 bits per heavy atom. The van der Waals surface area contributed by atoms with Crippen LogP contribution < -0.4 is 9.62 Å². The second kappa shape index (κ2) is 10.8. The van der Waals surface area contributed by atoms with Crippen LogP contribution in [-0.4, -0.2) is 31.5 Å². The molecule has 1 atom stereocenters. The van der Waals surface area contributed by atoms with E-state index in [1.54, 1.807) is 0 Å². The first kappa shape index (κ1) is 28.6. The zero-order chi connectivity index (χ0) is 27.7. The number of nitrogens with one attached hydrogen (secondary N) is 1. The lowest BCUT2D eigenvalue weighted by atomic mass is 10.1. The summed E-state index contributed by atoms with van der Waals surface area (Å²) in [7, 11) is -5.02. The van der Waals surface area contributed by atoms with Gasteiger partial charge < -0.3 is 10.1 Å². The van der Waals surface area contributed by atoms with Gasteiger partial charge in [-0.05, 0) is 51.1 Å². The number of rotatable bonds is 7. The van der Waals surface area contributed by atoms with Crippen molar-refractivity contribution < 1.29 is 39.9 Å². The second-order valence-electron chi connectivity index (χ2n) is 8.48. The Balaban J connectivity index is 2.05. The van der Waals surface area contributed by atoms with Crippen molar-refractivity contribution in [3.05, 3.63) is 69.3 Å². The van der Waals surface area contributed by atoms with Gasteiger partial charge in [-0.3, -0.25) is 0 Å². The standard InChI is InChI=1S/C22H19ClF5N3O4S2/c1-22(2,3)35-21(32)31(18-9-36-10-29-18)37(33,34)17-7-13(23)16(8-15(17)26)30-19(20(27)28)12-6-11(24)4-5-14(12)25/h4-10,19-20,30H,1-3H3/t19-/m1/s1. The SMILES string of the molecule is CC(C)(C)OC(=O)N(c1cscn1)S(=O)(=O)c1cc(Cl)c(N[C@H](c2cc(F)ccc2F)C(F)F)cc1F. The van der Waals surface area contributed by atoms with Crippen LogP contribution in [-0.2, 0) is 14.8 Å². The van der Waals surface area contributed by atoms with E-state index in [0.717, 1.165) is 17.4 Å². The molecule has 200 valence electrons. The molecule has 1 aromatic heterocycles. The zero-order valence-corrected chi connectivity index (χ0v) is 21.7. The fourth-order valence-corrected chi connectivity index (χ4v) is 5.27. The van der Waals surface area contributed by atoms with Gasteiger partial charge in [-0.1, -0.05) is 11.6 Å². The molecule has 1 amide bonds. The van der Waals surface area contributed by atoms with E-state index in [0.29, 0.717) is 24.3 Å². The van der Waals surface area contributed by atoms with Crippen molar-refractivity contribution in [1.82, 2.24) is 4.98 Å². The molecular formula is C22H19ClF5N3O4S2. The summed E-state index contributed by atoms with van der Waals surface area (Å²) >= 11 is 7.03. The van der Waals surface area contributed by atoms with Crippen molar-refractivity contribution >= 4 is 50.6 Å². The Labute approximate surface area is 217 Å². The first-order valence-corrected chi connectivity index (χ1v) is 13.0. The van der Waals surface area contributed by atoms with Crippen LogP contribution in [0.4, 0.5) is 38.3 Å². The number of thiazole rings is 1. The third kappa shape index (κ3) is 6.48. The molecule has 0 aliphatic rings. The normalized spacial score (nSPS) is 12.9. The number of halogens is 6. The van der Waals surface area contributed by atoms with Gasteiger partial charge in [0.1, 0.15) is 34.0 Å². The Morgan fingerprint density at radius 3 is 2.38 bits per heavy atom. The first-order chi connectivity index (χ1) is 17.1. The third-order valence-electron chi connectivity index (χ3n) is 4.58. The molecule has 1 heterocycles. The molecule has 0 bridgehead atoms. The molecule has 0 fully saturated rings. The number of alkyl halides is 2. The van der Waals surface area contributed by atoms with Crippen LogP contribution in [0.2, 0.25) is 5.02 Å². The number of hydrogen-bond donors (Lipinski definition) is 1. The molecule has 37 heavy (non-hydrogen) atoms. The van der Waals surface area contributed by atoms with Gasteiger partial charge >= 0.3 is 6.09 Å². The predicted molar refractivity (Wildman–Crippen MR) is 128 cm³/mol. The maximum absolute atomic E-state index is 15.1. The number of amides is 1. The summed E-state index contributed by atoms with van der Waals surface area (Å²) in [6.45, 7) is 4.45. The monoisotopic (exact) mass is 583 g/mol. The van der Waals surface area contributed by atoms with E-state index in [4.69, 9.17) is 16.3 Å². The van der Waals surface area contributed by atoms with Crippen LogP contribution in [0, 0.1) is 17.5 Å². The highest BCUT2D eigenvalue weighted by molar-refractivity contribution is 7.93. The highest BCUT2D eigenvalue weighted by Crippen LogP contribution is 2.36. The largest absolute Gasteiger partial charge is 0.443 e. The molecule has 0 spiro atoms. The number of aromatic nitrogens is 1. The third-order valence-corrected chi connectivity index (χ3v) is 7.15. The van der Waals surface area contributed by atoms with E-state index in [-0.39, 0.29) is 10.1 Å². The molecule has 0 saturated heterocycles. The number of anilines is 2. The molecule has 2 aromatic carbocycles. The molecule has 3 rings (SSSR count). The van der Waals surface area contributed by atoms with Gasteiger partial charge in [0.25, 0.3) is 16.4 Å². The Morgan fingerprint density at radius 1 is 1.14 bits per heavy atom. The number of sulfonamides is 1. The predicted octanol–water partition coefficient (Wildman–Crippen LogP) is 6.76. The maximum atomic E-state index is 15.1. The van der Waals surface area contributed by atoms with Crippen LogP contribution in [0.1, 0.15) is 32.4 Å². The highest BCUT2D eigenvalue weighted by Gasteiger charge is 2.38. The van der Waals surface area contributed by atoms with Crippen molar-refractivity contribution in [2.24, 2.45) is 0 Å². The summed E-state index contributed by atoms with van der Waals surface area (Å²) in [5.41, 5.74) is -1.19. The van der Waals surface area contributed by atoms with E-state index in [9.17, 15) is 30.8 Å². The van der Waals surface area contributed by atoms with Crippen molar-refractivity contribution in [1.29, 1.82) is 0 Å². The summed E-state index contributed by atoms with van der Waals surface area (Å²) in [4.78, 5) is 15.4. The highest BCUT2D eigenvalue weighted by atomic mass is 35.5. The van der Waals surface area contributed by atoms with Crippen molar-refractivity contribution in [2.75, 3.05) is 9.62 Å². The van der Waals surface area contributed by atoms with E-state index in [2.05, 4.69) is 10.3 Å². The lowest BCUT2D eigenvalue weighted by Crippen LogP contribution is -2.41. The molecule has 3 aromatic rings. The lowest BCUT2D eigenvalue weighted by molar-refractivity contribution is 0.0608. The van der Waals surface area contributed by atoms with Crippen LogP contribution in [0.25, 0.3) is 0 Å². The number of hydrogen-bond acceptors (Lipinski definition) is 7. The minimum absolute atomic E-state index is 0.140. The van der Waals surface area contributed by atoms with E-state index in [1.807, 2.05) is 0 Å². The zero-order valence-electron chi connectivity index (χ0n) is 19.3. The van der Waals surface area contributed by atoms with Crippen LogP contribution in [0.3, 0.4) is 0 Å². The van der Waals surface area contributed by atoms with Crippen LogP contribution >= 0.6 is 22.9 Å². The molecule has 7 nitrogen and oxygen atoms in total. The summed E-state index contributed by atoms with van der Waals surface area (Å²) < 4.78 is 102. The van der Waals surface area contributed by atoms with Gasteiger partial charge in [0.15, 0.2) is 5.82 Å². The summed E-state index contributed by atoms with van der Waals surface area (Å²) in [5, 5.41) is 2.76. The minimum Gasteiger partial charge on any atom is -0.443 e.